The van der Waals surface area contributed by atoms with E-state index in [0.29, 0.717) is 0 Å². The number of hydrogen-bond donors (Lipinski definition) is 0. The Morgan fingerprint density at radius 1 is 0.304 bits per heavy atom. The first kappa shape index (κ1) is 37.5. The summed E-state index contributed by atoms with van der Waals surface area (Å²) >= 11 is 10.2. The van der Waals surface area contributed by atoms with Gasteiger partial charge in [-0.2, -0.15) is 0 Å². The van der Waals surface area contributed by atoms with Crippen LogP contribution in [0.3, 0.4) is 0 Å². The molecule has 0 aromatic heterocycles. The third-order valence-corrected chi connectivity index (χ3v) is 99.6. The maximum Gasteiger partial charge on any atom is 0.141 e. The molecule has 0 amide bonds. The van der Waals surface area contributed by atoms with E-state index >= 15 is 0 Å². The SMILES string of the molecule is CC(C)(C)[Si](Br)(C(C)(C)C)[Si](c1ccccc1)(c1ccccc1)[Si](c1ccccc1)(c1ccccc1)[Si](Br)(C(C)(C)C)C(C)(C)C. The van der Waals surface area contributed by atoms with E-state index in [9.17, 15) is 0 Å². The molecule has 0 spiro atoms. The summed E-state index contributed by atoms with van der Waals surface area (Å²) in [6.07, 6.45) is -5.33. The Kier molecular flexibility index (Phi) is 10.5. The van der Waals surface area contributed by atoms with Gasteiger partial charge in [-0.3, -0.25) is 0 Å². The van der Waals surface area contributed by atoms with Crippen LogP contribution in [0.15, 0.2) is 121 Å². The molecule has 0 aliphatic rings. The minimum atomic E-state index is -2.98. The third kappa shape index (κ3) is 5.36. The van der Waals surface area contributed by atoms with Gasteiger partial charge in [0.1, 0.15) is 26.6 Å². The Hall–Kier alpha value is -1.29. The molecule has 0 nitrogen and oxygen atoms in total. The van der Waals surface area contributed by atoms with Crippen molar-refractivity contribution < 1.29 is 0 Å². The Bertz CT molecular complexity index is 1350. The van der Waals surface area contributed by atoms with E-state index in [-0.39, 0.29) is 20.2 Å². The van der Waals surface area contributed by atoms with E-state index < -0.39 is 26.6 Å². The standard InChI is InChI=1S/C40H56Br2Si4/c1-37(2,3)45(41,38(4,5)6)43(33-25-17-13-18-26-33,34-27-19-14-20-28-34)44(35-29-21-15-22-30-35,36-31-23-16-24-32-36)46(42,39(7,8)9)40(10,11)12/h13-32H,1-12H3. The molecule has 0 saturated carbocycles. The summed E-state index contributed by atoms with van der Waals surface area (Å²) in [4.78, 5) is 0. The smallest absolute Gasteiger partial charge is 0.128 e. The van der Waals surface area contributed by atoms with Crippen LogP contribution in [0.25, 0.3) is 0 Å². The van der Waals surface area contributed by atoms with Gasteiger partial charge < -0.3 is 0 Å². The number of hydrogen-bond acceptors (Lipinski definition) is 0. The van der Waals surface area contributed by atoms with Crippen LogP contribution in [0.1, 0.15) is 83.1 Å². The molecule has 0 unspecified atom stereocenters. The van der Waals surface area contributed by atoms with Gasteiger partial charge >= 0.3 is 0 Å². The van der Waals surface area contributed by atoms with Crippen molar-refractivity contribution in [1.29, 1.82) is 0 Å². The molecule has 246 valence electrons. The molecule has 0 N–H and O–H groups in total. The van der Waals surface area contributed by atoms with Gasteiger partial charge in [0.15, 0.2) is 0 Å². The van der Waals surface area contributed by atoms with E-state index in [2.05, 4.69) is 204 Å². The Labute approximate surface area is 300 Å². The number of rotatable bonds is 7. The highest BCUT2D eigenvalue weighted by atomic mass is 79.9. The molecule has 6 heteroatoms. The molecular weight excluding hydrogens is 753 g/mol. The molecule has 0 heterocycles. The molecule has 4 aromatic rings. The first-order valence-corrected chi connectivity index (χ1v) is 32.3. The fourth-order valence-corrected chi connectivity index (χ4v) is 129. The predicted octanol–water partition coefficient (Wildman–Crippen LogP) is 10.6. The van der Waals surface area contributed by atoms with Crippen molar-refractivity contribution in [3.8, 4) is 0 Å². The molecule has 0 fully saturated rings. The zero-order chi connectivity index (χ0) is 34.5. The van der Waals surface area contributed by atoms with Crippen LogP contribution in [-0.2, 0) is 0 Å². The van der Waals surface area contributed by atoms with E-state index in [1.165, 1.54) is 0 Å². The molecule has 46 heavy (non-hydrogen) atoms. The lowest BCUT2D eigenvalue weighted by Gasteiger charge is -2.70. The summed E-state index contributed by atoms with van der Waals surface area (Å²) < 4.78 is 0. The Morgan fingerprint density at radius 3 is 0.587 bits per heavy atom. The summed E-state index contributed by atoms with van der Waals surface area (Å²) in [6.45, 7) is 30.8. The van der Waals surface area contributed by atoms with Crippen molar-refractivity contribution in [3.63, 3.8) is 0 Å². The molecule has 4 aromatic carbocycles. The van der Waals surface area contributed by atoms with Crippen LogP contribution < -0.4 is 20.7 Å². The maximum atomic E-state index is 5.12. The monoisotopic (exact) mass is 806 g/mol. The molecule has 0 atom stereocenters. The summed E-state index contributed by atoms with van der Waals surface area (Å²) in [5.74, 6) is 0. The van der Waals surface area contributed by atoms with Crippen molar-refractivity contribution in [1.82, 2.24) is 0 Å². The Morgan fingerprint density at radius 2 is 0.457 bits per heavy atom. The summed E-state index contributed by atoms with van der Waals surface area (Å²) in [6, 6.07) is 47.8. The van der Waals surface area contributed by atoms with Crippen LogP contribution in [-0.4, -0.2) is 26.6 Å². The van der Waals surface area contributed by atoms with Gasteiger partial charge in [-0.15, -0.1) is 30.6 Å². The van der Waals surface area contributed by atoms with Crippen LogP contribution >= 0.6 is 30.6 Å². The highest BCUT2D eigenvalue weighted by molar-refractivity contribution is 9.30. The molecular formula is C40H56Br2Si4. The fraction of sp³-hybridized carbons (Fsp3) is 0.400. The average Bonchev–Trinajstić information content (AvgIpc) is 2.99. The van der Waals surface area contributed by atoms with Crippen molar-refractivity contribution in [3.05, 3.63) is 121 Å². The summed E-state index contributed by atoms with van der Waals surface area (Å²) in [5.41, 5.74) is 0. The van der Waals surface area contributed by atoms with Gasteiger partial charge in [-0.25, -0.2) is 0 Å². The Balaban J connectivity index is 2.66. The normalized spacial score (nSPS) is 14.3. The van der Waals surface area contributed by atoms with Gasteiger partial charge in [0.25, 0.3) is 0 Å². The molecule has 0 aliphatic heterocycles. The van der Waals surface area contributed by atoms with E-state index in [4.69, 9.17) is 30.6 Å². The van der Waals surface area contributed by atoms with Gasteiger partial charge in [-0.05, 0) is 20.2 Å². The second kappa shape index (κ2) is 12.9. The second-order valence-electron chi connectivity index (χ2n) is 17.3. The largest absolute Gasteiger partial charge is 0.141 e. The van der Waals surface area contributed by atoms with E-state index in [1.54, 1.807) is 20.7 Å². The van der Waals surface area contributed by atoms with Crippen LogP contribution in [0.5, 0.6) is 0 Å². The minimum Gasteiger partial charge on any atom is -0.128 e. The van der Waals surface area contributed by atoms with Crippen molar-refractivity contribution in [2.45, 2.75) is 103 Å². The lowest BCUT2D eigenvalue weighted by atomic mass is 10.2. The first-order valence-electron chi connectivity index (χ1n) is 16.8. The van der Waals surface area contributed by atoms with Gasteiger partial charge in [0, 0.05) is 0 Å². The molecule has 0 bridgehead atoms. The molecule has 0 radical (unpaired) electrons. The lowest BCUT2D eigenvalue weighted by molar-refractivity contribution is 0.650. The van der Waals surface area contributed by atoms with Crippen molar-refractivity contribution in [2.75, 3.05) is 0 Å². The third-order valence-electron chi connectivity index (χ3n) is 10.6. The van der Waals surface area contributed by atoms with Crippen LogP contribution in [0, 0.1) is 0 Å². The van der Waals surface area contributed by atoms with E-state index in [0.717, 1.165) is 0 Å². The van der Waals surface area contributed by atoms with Gasteiger partial charge in [-0.1, -0.05) is 225 Å². The van der Waals surface area contributed by atoms with Crippen LogP contribution in [0.2, 0.25) is 20.2 Å². The topological polar surface area (TPSA) is 0 Å². The maximum absolute atomic E-state index is 5.12. The van der Waals surface area contributed by atoms with Gasteiger partial charge in [0.2, 0.25) is 0 Å². The lowest BCUT2D eigenvalue weighted by Crippen LogP contribution is -3.02. The highest BCUT2D eigenvalue weighted by Crippen LogP contribution is 2.66. The number of halogens is 2. The quantitative estimate of drug-likeness (QED) is 0.129. The zero-order valence-electron chi connectivity index (χ0n) is 30.3. The predicted molar refractivity (Wildman–Crippen MR) is 224 cm³/mol. The second-order valence-corrected chi connectivity index (χ2v) is 59.3. The van der Waals surface area contributed by atoms with Gasteiger partial charge in [0.05, 0.1) is 0 Å². The van der Waals surface area contributed by atoms with Crippen LogP contribution in [0.4, 0.5) is 0 Å². The highest BCUT2D eigenvalue weighted by Gasteiger charge is 2.82. The zero-order valence-corrected chi connectivity index (χ0v) is 37.5. The van der Waals surface area contributed by atoms with E-state index in [1.807, 2.05) is 0 Å². The van der Waals surface area contributed by atoms with Crippen molar-refractivity contribution >= 4 is 78.0 Å². The molecule has 0 saturated heterocycles. The molecule has 0 aliphatic carbocycles. The molecule has 4 rings (SSSR count). The minimum absolute atomic E-state index is 0.0169. The summed E-state index contributed by atoms with van der Waals surface area (Å²) in [7, 11) is -5.96. The summed E-state index contributed by atoms with van der Waals surface area (Å²) in [5, 5.41) is 6.40. The first-order chi connectivity index (χ1) is 21.2. The van der Waals surface area contributed by atoms with Crippen molar-refractivity contribution in [2.24, 2.45) is 0 Å². The number of benzene rings is 4. The average molecular weight is 809 g/mol. The fourth-order valence-electron chi connectivity index (χ4n) is 9.76.